The van der Waals surface area contributed by atoms with Crippen LogP contribution in [0.25, 0.3) is 17.3 Å². The van der Waals surface area contributed by atoms with Gasteiger partial charge in [-0.25, -0.2) is 19.9 Å². The summed E-state index contributed by atoms with van der Waals surface area (Å²) in [5.41, 5.74) is 1.77. The van der Waals surface area contributed by atoms with Gasteiger partial charge in [-0.2, -0.15) is 0 Å². The number of halogens is 1. The monoisotopic (exact) mass is 361 g/mol. The van der Waals surface area contributed by atoms with Crippen molar-refractivity contribution in [2.75, 3.05) is 6.26 Å². The van der Waals surface area contributed by atoms with E-state index in [0.717, 1.165) is 27.6 Å². The predicted octanol–water partition coefficient (Wildman–Crippen LogP) is 3.52. The fraction of sp³-hybridized carbons (Fsp3) is 0.143. The molecule has 0 aliphatic heterocycles. The van der Waals surface area contributed by atoms with Crippen LogP contribution >= 0.6 is 27.7 Å². The molecule has 0 radical (unpaired) electrons. The van der Waals surface area contributed by atoms with Crippen molar-refractivity contribution < 1.29 is 0 Å². The molecular formula is C14H12BrN5S. The number of imidazole rings is 1. The molecule has 3 aromatic heterocycles. The minimum Gasteiger partial charge on any atom is -0.282 e. The Bertz CT molecular complexity index is 787. The van der Waals surface area contributed by atoms with Crippen LogP contribution in [0.2, 0.25) is 0 Å². The van der Waals surface area contributed by atoms with Crippen molar-refractivity contribution in [3.63, 3.8) is 0 Å². The number of aryl methyl sites for hydroxylation is 1. The predicted molar refractivity (Wildman–Crippen MR) is 86.6 cm³/mol. The van der Waals surface area contributed by atoms with Crippen LogP contribution in [-0.4, -0.2) is 30.8 Å². The molecule has 106 valence electrons. The van der Waals surface area contributed by atoms with E-state index in [9.17, 15) is 0 Å². The van der Waals surface area contributed by atoms with Crippen molar-refractivity contribution in [2.24, 2.45) is 0 Å². The molecule has 0 fully saturated rings. The SMILES string of the molecule is CSc1nc(Br)cc(-n2ccnc2-c2cccc(C)n2)n1. The van der Waals surface area contributed by atoms with Crippen LogP contribution in [0.15, 0.2) is 46.4 Å². The fourth-order valence-electron chi connectivity index (χ4n) is 1.95. The average molecular weight is 362 g/mol. The first-order valence-electron chi connectivity index (χ1n) is 6.23. The van der Waals surface area contributed by atoms with Crippen molar-refractivity contribution in [1.82, 2.24) is 24.5 Å². The second-order valence-corrected chi connectivity index (χ2v) is 5.91. The molecule has 21 heavy (non-hydrogen) atoms. The molecule has 0 bridgehead atoms. The zero-order valence-electron chi connectivity index (χ0n) is 11.5. The lowest BCUT2D eigenvalue weighted by molar-refractivity contribution is 0.880. The maximum Gasteiger partial charge on any atom is 0.190 e. The summed E-state index contributed by atoms with van der Waals surface area (Å²) >= 11 is 4.91. The molecule has 0 aliphatic rings. The molecule has 0 unspecified atom stereocenters. The molecule has 3 aromatic rings. The lowest BCUT2D eigenvalue weighted by Gasteiger charge is -2.08. The molecule has 3 heterocycles. The van der Waals surface area contributed by atoms with Crippen LogP contribution in [0.5, 0.6) is 0 Å². The molecule has 0 aromatic carbocycles. The van der Waals surface area contributed by atoms with E-state index >= 15 is 0 Å². The average Bonchev–Trinajstić information content (AvgIpc) is 2.96. The molecule has 0 saturated heterocycles. The molecule has 3 rings (SSSR count). The third-order valence-electron chi connectivity index (χ3n) is 2.85. The number of nitrogens with zero attached hydrogens (tertiary/aromatic N) is 5. The maximum atomic E-state index is 4.52. The largest absolute Gasteiger partial charge is 0.282 e. The van der Waals surface area contributed by atoms with Gasteiger partial charge in [0.05, 0.1) is 0 Å². The Morgan fingerprint density at radius 2 is 2.05 bits per heavy atom. The summed E-state index contributed by atoms with van der Waals surface area (Å²) in [6.07, 6.45) is 5.56. The van der Waals surface area contributed by atoms with Gasteiger partial charge in [-0.05, 0) is 41.2 Å². The van der Waals surface area contributed by atoms with E-state index in [1.807, 2.05) is 48.2 Å². The summed E-state index contributed by atoms with van der Waals surface area (Å²) in [4.78, 5) is 17.7. The van der Waals surface area contributed by atoms with E-state index in [-0.39, 0.29) is 0 Å². The topological polar surface area (TPSA) is 56.5 Å². The Balaban J connectivity index is 2.13. The van der Waals surface area contributed by atoms with Crippen LogP contribution < -0.4 is 0 Å². The summed E-state index contributed by atoms with van der Waals surface area (Å²) in [5, 5.41) is 0.705. The number of aromatic nitrogens is 5. The maximum absolute atomic E-state index is 4.52. The minimum atomic E-state index is 0.705. The number of hydrogen-bond donors (Lipinski definition) is 0. The quantitative estimate of drug-likeness (QED) is 0.405. The second-order valence-electron chi connectivity index (χ2n) is 4.32. The van der Waals surface area contributed by atoms with Crippen LogP contribution in [0.4, 0.5) is 0 Å². The molecule has 0 amide bonds. The molecule has 7 heteroatoms. The molecule has 0 atom stereocenters. The highest BCUT2D eigenvalue weighted by atomic mass is 79.9. The first kappa shape index (κ1) is 14.2. The van der Waals surface area contributed by atoms with E-state index < -0.39 is 0 Å². The molecule has 0 saturated carbocycles. The summed E-state index contributed by atoms with van der Waals surface area (Å²) < 4.78 is 2.65. The van der Waals surface area contributed by atoms with Crippen molar-refractivity contribution in [2.45, 2.75) is 12.1 Å². The highest BCUT2D eigenvalue weighted by molar-refractivity contribution is 9.10. The highest BCUT2D eigenvalue weighted by Gasteiger charge is 2.12. The van der Waals surface area contributed by atoms with E-state index in [1.165, 1.54) is 11.8 Å². The van der Waals surface area contributed by atoms with E-state index in [0.29, 0.717) is 5.16 Å². The first-order chi connectivity index (χ1) is 10.2. The number of pyridine rings is 1. The minimum absolute atomic E-state index is 0.705. The van der Waals surface area contributed by atoms with Gasteiger partial charge in [-0.15, -0.1) is 0 Å². The molecule has 0 spiro atoms. The summed E-state index contributed by atoms with van der Waals surface area (Å²) in [6.45, 7) is 1.96. The van der Waals surface area contributed by atoms with Gasteiger partial charge >= 0.3 is 0 Å². The van der Waals surface area contributed by atoms with Crippen molar-refractivity contribution in [3.05, 3.63) is 47.0 Å². The fourth-order valence-corrected chi connectivity index (χ4v) is 2.81. The summed E-state index contributed by atoms with van der Waals surface area (Å²) in [7, 11) is 0. The van der Waals surface area contributed by atoms with Gasteiger partial charge in [0.15, 0.2) is 11.0 Å². The lowest BCUT2D eigenvalue weighted by atomic mass is 10.3. The van der Waals surface area contributed by atoms with E-state index in [2.05, 4.69) is 35.9 Å². The summed E-state index contributed by atoms with van der Waals surface area (Å²) in [5.74, 6) is 1.52. The van der Waals surface area contributed by atoms with Gasteiger partial charge in [-0.3, -0.25) is 4.57 Å². The number of thioether (sulfide) groups is 1. The van der Waals surface area contributed by atoms with Gasteiger partial charge < -0.3 is 0 Å². The van der Waals surface area contributed by atoms with E-state index in [1.54, 1.807) is 6.20 Å². The van der Waals surface area contributed by atoms with Crippen molar-refractivity contribution >= 4 is 27.7 Å². The van der Waals surface area contributed by atoms with Gasteiger partial charge in [0.25, 0.3) is 0 Å². The second kappa shape index (κ2) is 5.95. The third-order valence-corrected chi connectivity index (χ3v) is 3.80. The zero-order valence-corrected chi connectivity index (χ0v) is 13.9. The van der Waals surface area contributed by atoms with Gasteiger partial charge in [-0.1, -0.05) is 17.8 Å². The third kappa shape index (κ3) is 2.98. The molecule has 0 N–H and O–H groups in total. The Kier molecular flexibility index (Phi) is 4.03. The van der Waals surface area contributed by atoms with Crippen LogP contribution in [0.3, 0.4) is 0 Å². The van der Waals surface area contributed by atoms with Crippen molar-refractivity contribution in [3.8, 4) is 17.3 Å². The lowest BCUT2D eigenvalue weighted by Crippen LogP contribution is -2.02. The molecule has 5 nitrogen and oxygen atoms in total. The van der Waals surface area contributed by atoms with Gasteiger partial charge in [0.2, 0.25) is 0 Å². The number of rotatable bonds is 3. The zero-order chi connectivity index (χ0) is 14.8. The van der Waals surface area contributed by atoms with Crippen molar-refractivity contribution in [1.29, 1.82) is 0 Å². The Morgan fingerprint density at radius 1 is 1.19 bits per heavy atom. The highest BCUT2D eigenvalue weighted by Crippen LogP contribution is 2.22. The van der Waals surface area contributed by atoms with Crippen LogP contribution in [0.1, 0.15) is 5.69 Å². The van der Waals surface area contributed by atoms with Gasteiger partial charge in [0, 0.05) is 24.2 Å². The molecule has 0 aliphatic carbocycles. The molecular weight excluding hydrogens is 350 g/mol. The Hall–Kier alpha value is -1.73. The Labute approximate surface area is 135 Å². The first-order valence-corrected chi connectivity index (χ1v) is 8.25. The standard InChI is InChI=1S/C14H12BrN5S/c1-9-4-3-5-10(17-9)13-16-6-7-20(13)12-8-11(15)18-14(19-12)21-2/h3-8H,1-2H3. The van der Waals surface area contributed by atoms with Gasteiger partial charge in [0.1, 0.15) is 16.1 Å². The van der Waals surface area contributed by atoms with Crippen LogP contribution in [0, 0.1) is 6.92 Å². The number of hydrogen-bond acceptors (Lipinski definition) is 5. The van der Waals surface area contributed by atoms with Crippen LogP contribution in [-0.2, 0) is 0 Å². The Morgan fingerprint density at radius 3 is 2.81 bits per heavy atom. The normalized spacial score (nSPS) is 10.8. The summed E-state index contributed by atoms with van der Waals surface area (Å²) in [6, 6.07) is 7.74. The van der Waals surface area contributed by atoms with E-state index in [4.69, 9.17) is 0 Å². The smallest absolute Gasteiger partial charge is 0.190 e.